The van der Waals surface area contributed by atoms with Crippen LogP contribution in [0.1, 0.15) is 6.42 Å². The molecule has 0 radical (unpaired) electrons. The second-order valence-electron chi connectivity index (χ2n) is 4.36. The smallest absolute Gasteiger partial charge is 0.244 e. The van der Waals surface area contributed by atoms with Gasteiger partial charge in [0.15, 0.2) is 0 Å². The number of anilines is 1. The Morgan fingerprint density at radius 3 is 2.71 bits per heavy atom. The maximum atomic E-state index is 12.2. The summed E-state index contributed by atoms with van der Waals surface area (Å²) in [5, 5.41) is 0.290. The lowest BCUT2D eigenvalue weighted by Gasteiger charge is -2.11. The summed E-state index contributed by atoms with van der Waals surface area (Å²) in [7, 11) is -3.77. The number of sulfonamides is 1. The highest BCUT2D eigenvalue weighted by molar-refractivity contribution is 7.89. The molecular weight excluding hydrogens is 335 g/mol. The van der Waals surface area contributed by atoms with E-state index in [4.69, 9.17) is 28.9 Å². The van der Waals surface area contributed by atoms with Crippen molar-refractivity contribution in [3.8, 4) is 0 Å². The lowest BCUT2D eigenvalue weighted by molar-refractivity contribution is 0.570. The number of imidazole rings is 1. The average molecular weight is 349 g/mol. The van der Waals surface area contributed by atoms with Crippen molar-refractivity contribution < 1.29 is 8.42 Å². The Labute approximate surface area is 132 Å². The molecule has 3 N–H and O–H groups in total. The number of aryl methyl sites for hydroxylation is 1. The van der Waals surface area contributed by atoms with Crippen molar-refractivity contribution >= 4 is 38.9 Å². The van der Waals surface area contributed by atoms with Gasteiger partial charge in [-0.2, -0.15) is 0 Å². The van der Waals surface area contributed by atoms with E-state index in [2.05, 4.69) is 9.71 Å². The Balaban J connectivity index is 2.02. The molecule has 1 aromatic carbocycles. The normalized spacial score (nSPS) is 11.7. The lowest BCUT2D eigenvalue weighted by atomic mass is 10.3. The van der Waals surface area contributed by atoms with Crippen LogP contribution in [0.15, 0.2) is 35.7 Å². The number of halogens is 2. The van der Waals surface area contributed by atoms with Gasteiger partial charge in [-0.25, -0.2) is 18.1 Å². The third-order valence-corrected chi connectivity index (χ3v) is 4.96. The number of benzene rings is 1. The minimum absolute atomic E-state index is 0.00195. The van der Waals surface area contributed by atoms with Crippen LogP contribution in [0.4, 0.5) is 5.69 Å². The van der Waals surface area contributed by atoms with Crippen molar-refractivity contribution in [2.75, 3.05) is 12.3 Å². The first-order valence-electron chi connectivity index (χ1n) is 6.10. The molecule has 21 heavy (non-hydrogen) atoms. The first-order chi connectivity index (χ1) is 9.90. The summed E-state index contributed by atoms with van der Waals surface area (Å²) >= 11 is 11.7. The third-order valence-electron chi connectivity index (χ3n) is 2.75. The first-order valence-corrected chi connectivity index (χ1v) is 8.34. The number of hydrogen-bond acceptors (Lipinski definition) is 4. The number of nitrogen functional groups attached to an aromatic ring is 1. The van der Waals surface area contributed by atoms with E-state index >= 15 is 0 Å². The Kier molecular flexibility index (Phi) is 5.10. The Morgan fingerprint density at radius 1 is 1.33 bits per heavy atom. The van der Waals surface area contributed by atoms with E-state index in [1.165, 1.54) is 12.1 Å². The minimum atomic E-state index is -3.77. The van der Waals surface area contributed by atoms with E-state index in [9.17, 15) is 8.42 Å². The number of hydrogen-bond donors (Lipinski definition) is 2. The fourth-order valence-electron chi connectivity index (χ4n) is 1.82. The molecule has 0 saturated heterocycles. The molecule has 0 saturated carbocycles. The molecule has 0 fully saturated rings. The predicted octanol–water partition coefficient (Wildman–Crippen LogP) is 2.14. The highest BCUT2D eigenvalue weighted by Crippen LogP contribution is 2.30. The molecule has 0 bridgehead atoms. The van der Waals surface area contributed by atoms with Crippen LogP contribution in [0, 0.1) is 0 Å². The molecule has 0 aliphatic carbocycles. The van der Waals surface area contributed by atoms with Crippen LogP contribution in [-0.4, -0.2) is 24.5 Å². The molecule has 114 valence electrons. The van der Waals surface area contributed by atoms with E-state index in [0.717, 1.165) is 0 Å². The van der Waals surface area contributed by atoms with Crippen LogP contribution in [0.3, 0.4) is 0 Å². The van der Waals surface area contributed by atoms with E-state index in [1.807, 2.05) is 10.8 Å². The molecule has 6 nitrogen and oxygen atoms in total. The van der Waals surface area contributed by atoms with Crippen molar-refractivity contribution in [2.24, 2.45) is 0 Å². The summed E-state index contributed by atoms with van der Waals surface area (Å²) in [4.78, 5) is 3.76. The quantitative estimate of drug-likeness (QED) is 0.618. The molecule has 0 unspecified atom stereocenters. The lowest BCUT2D eigenvalue weighted by Crippen LogP contribution is -2.26. The zero-order valence-corrected chi connectivity index (χ0v) is 13.3. The van der Waals surface area contributed by atoms with Gasteiger partial charge in [0.05, 0.1) is 17.0 Å². The van der Waals surface area contributed by atoms with Crippen molar-refractivity contribution in [2.45, 2.75) is 17.9 Å². The molecule has 1 aromatic heterocycles. The first kappa shape index (κ1) is 16.1. The third kappa shape index (κ3) is 4.10. The SMILES string of the molecule is Nc1cc(Cl)cc(Cl)c1S(=O)(=O)NCCCn1ccnc1. The molecule has 0 aliphatic heterocycles. The van der Waals surface area contributed by atoms with Crippen LogP contribution in [0.2, 0.25) is 10.0 Å². The molecular formula is C12H14Cl2N4O2S. The van der Waals surface area contributed by atoms with Crippen molar-refractivity contribution in [1.29, 1.82) is 0 Å². The van der Waals surface area contributed by atoms with Crippen LogP contribution in [0.25, 0.3) is 0 Å². The number of rotatable bonds is 6. The molecule has 0 amide bonds. The van der Waals surface area contributed by atoms with Gasteiger partial charge in [-0.1, -0.05) is 23.2 Å². The summed E-state index contributed by atoms with van der Waals surface area (Å²) < 4.78 is 28.7. The maximum Gasteiger partial charge on any atom is 0.244 e. The highest BCUT2D eigenvalue weighted by atomic mass is 35.5. The average Bonchev–Trinajstić information content (AvgIpc) is 2.86. The summed E-state index contributed by atoms with van der Waals surface area (Å²) in [5.74, 6) is 0. The van der Waals surface area contributed by atoms with Gasteiger partial charge in [-0.05, 0) is 18.6 Å². The predicted molar refractivity (Wildman–Crippen MR) is 82.9 cm³/mol. The van der Waals surface area contributed by atoms with Gasteiger partial charge in [0.1, 0.15) is 4.90 Å². The molecule has 2 aromatic rings. The van der Waals surface area contributed by atoms with E-state index < -0.39 is 10.0 Å². The summed E-state index contributed by atoms with van der Waals surface area (Å²) in [6.07, 6.45) is 5.75. The van der Waals surface area contributed by atoms with Gasteiger partial charge >= 0.3 is 0 Å². The number of aromatic nitrogens is 2. The van der Waals surface area contributed by atoms with Gasteiger partial charge in [0, 0.05) is 30.5 Å². The van der Waals surface area contributed by atoms with Gasteiger partial charge in [0.2, 0.25) is 10.0 Å². The number of nitrogens with one attached hydrogen (secondary N) is 1. The van der Waals surface area contributed by atoms with E-state index in [-0.39, 0.29) is 27.2 Å². The zero-order chi connectivity index (χ0) is 15.5. The van der Waals surface area contributed by atoms with E-state index in [1.54, 1.807) is 12.5 Å². The monoisotopic (exact) mass is 348 g/mol. The molecule has 0 spiro atoms. The Hall–Kier alpha value is -1.28. The molecule has 2 rings (SSSR count). The highest BCUT2D eigenvalue weighted by Gasteiger charge is 2.21. The second-order valence-corrected chi connectivity index (χ2v) is 6.91. The van der Waals surface area contributed by atoms with Crippen LogP contribution >= 0.6 is 23.2 Å². The second kappa shape index (κ2) is 6.65. The summed E-state index contributed by atoms with van der Waals surface area (Å²) in [6, 6.07) is 2.70. The van der Waals surface area contributed by atoms with Crippen LogP contribution in [-0.2, 0) is 16.6 Å². The van der Waals surface area contributed by atoms with Crippen LogP contribution < -0.4 is 10.5 Å². The standard InChI is InChI=1S/C12H14Cl2N4O2S/c13-9-6-10(14)12(11(15)7-9)21(19,20)17-2-1-4-18-5-3-16-8-18/h3,5-8,17H,1-2,4,15H2. The van der Waals surface area contributed by atoms with E-state index in [0.29, 0.717) is 13.0 Å². The summed E-state index contributed by atoms with van der Waals surface area (Å²) in [5.41, 5.74) is 5.71. The Morgan fingerprint density at radius 2 is 2.10 bits per heavy atom. The van der Waals surface area contributed by atoms with Crippen molar-refractivity contribution in [1.82, 2.24) is 14.3 Å². The zero-order valence-electron chi connectivity index (χ0n) is 11.0. The molecule has 1 heterocycles. The van der Waals surface area contributed by atoms with Crippen molar-refractivity contribution in [3.63, 3.8) is 0 Å². The van der Waals surface area contributed by atoms with Gasteiger partial charge in [0.25, 0.3) is 0 Å². The fraction of sp³-hybridized carbons (Fsp3) is 0.250. The molecule has 9 heteroatoms. The fourth-order valence-corrected chi connectivity index (χ4v) is 3.88. The Bertz CT molecular complexity index is 694. The van der Waals surface area contributed by atoms with Gasteiger partial charge < -0.3 is 10.3 Å². The van der Waals surface area contributed by atoms with Gasteiger partial charge in [-0.15, -0.1) is 0 Å². The number of nitrogens with two attached hydrogens (primary N) is 1. The molecule has 0 atom stereocenters. The minimum Gasteiger partial charge on any atom is -0.398 e. The number of nitrogens with zero attached hydrogens (tertiary/aromatic N) is 2. The maximum absolute atomic E-state index is 12.2. The summed E-state index contributed by atoms with van der Waals surface area (Å²) in [6.45, 7) is 0.922. The largest absolute Gasteiger partial charge is 0.398 e. The topological polar surface area (TPSA) is 90.0 Å². The van der Waals surface area contributed by atoms with Crippen LogP contribution in [0.5, 0.6) is 0 Å². The van der Waals surface area contributed by atoms with Gasteiger partial charge in [-0.3, -0.25) is 0 Å². The van der Waals surface area contributed by atoms with Crippen molar-refractivity contribution in [3.05, 3.63) is 40.9 Å². The molecule has 0 aliphatic rings.